The number of ether oxygens (including phenoxy) is 2. The van der Waals surface area contributed by atoms with Crippen molar-refractivity contribution in [1.29, 1.82) is 0 Å². The number of carbonyl (C=O) groups excluding carboxylic acids is 1. The Bertz CT molecular complexity index is 820. The molecule has 27 heavy (non-hydrogen) atoms. The van der Waals surface area contributed by atoms with E-state index in [1.165, 1.54) is 11.6 Å². The molecule has 3 heteroatoms. The Kier molecular flexibility index (Phi) is 6.84. The van der Waals surface area contributed by atoms with Gasteiger partial charge in [0.05, 0.1) is 6.61 Å². The summed E-state index contributed by atoms with van der Waals surface area (Å²) in [5.41, 5.74) is 5.16. The zero-order chi connectivity index (χ0) is 20.0. The minimum atomic E-state index is -0.398. The molecule has 0 amide bonds. The van der Waals surface area contributed by atoms with Gasteiger partial charge < -0.3 is 9.47 Å². The van der Waals surface area contributed by atoms with Crippen molar-refractivity contribution >= 4 is 12.0 Å². The Morgan fingerprint density at radius 2 is 1.96 bits per heavy atom. The Hall–Kier alpha value is -2.55. The minimum Gasteiger partial charge on any atom is -0.483 e. The molecule has 0 aliphatic carbocycles. The first-order valence-corrected chi connectivity index (χ1v) is 9.51. The zero-order valence-corrected chi connectivity index (χ0v) is 17.3. The number of esters is 1. The van der Waals surface area contributed by atoms with Gasteiger partial charge in [-0.05, 0) is 81.5 Å². The second-order valence-corrected chi connectivity index (χ2v) is 7.25. The summed E-state index contributed by atoms with van der Waals surface area (Å²) in [5, 5.41) is 0. The van der Waals surface area contributed by atoms with Gasteiger partial charge >= 0.3 is 5.97 Å². The van der Waals surface area contributed by atoms with E-state index in [4.69, 9.17) is 9.47 Å². The maximum Gasteiger partial charge on any atom is 0.330 e. The van der Waals surface area contributed by atoms with E-state index in [9.17, 15) is 4.79 Å². The molecular formula is C24H30O3. The molecule has 0 saturated heterocycles. The lowest BCUT2D eigenvalue weighted by Gasteiger charge is -2.34. The summed E-state index contributed by atoms with van der Waals surface area (Å²) in [6.45, 7) is 12.5. The highest BCUT2D eigenvalue weighted by molar-refractivity contribution is 5.83. The molecule has 2 rings (SSSR count). The number of benzene rings is 1. The van der Waals surface area contributed by atoms with E-state index in [2.05, 4.69) is 52.0 Å². The second-order valence-electron chi connectivity index (χ2n) is 7.25. The van der Waals surface area contributed by atoms with Crippen LogP contribution < -0.4 is 4.74 Å². The summed E-state index contributed by atoms with van der Waals surface area (Å²) in [7, 11) is 0. The molecule has 0 saturated carbocycles. The van der Waals surface area contributed by atoms with Crippen molar-refractivity contribution in [2.75, 3.05) is 6.61 Å². The van der Waals surface area contributed by atoms with E-state index in [1.807, 2.05) is 25.2 Å². The molecule has 0 N–H and O–H groups in total. The average molecular weight is 367 g/mol. The summed E-state index contributed by atoms with van der Waals surface area (Å²) < 4.78 is 11.2. The Morgan fingerprint density at radius 3 is 2.63 bits per heavy atom. The summed E-state index contributed by atoms with van der Waals surface area (Å²) in [6, 6.07) is 6.38. The van der Waals surface area contributed by atoms with Crippen LogP contribution in [0.1, 0.15) is 52.7 Å². The number of hydrogen-bond acceptors (Lipinski definition) is 3. The summed E-state index contributed by atoms with van der Waals surface area (Å²) >= 11 is 0. The van der Waals surface area contributed by atoms with Crippen molar-refractivity contribution in [2.24, 2.45) is 0 Å². The first-order chi connectivity index (χ1) is 12.8. The van der Waals surface area contributed by atoms with Gasteiger partial charge in [-0.2, -0.15) is 0 Å². The van der Waals surface area contributed by atoms with Gasteiger partial charge in [-0.25, -0.2) is 4.79 Å². The maximum atomic E-state index is 11.5. The quantitative estimate of drug-likeness (QED) is 0.362. The fourth-order valence-electron chi connectivity index (χ4n) is 3.12. The van der Waals surface area contributed by atoms with Gasteiger partial charge in [-0.15, -0.1) is 0 Å². The van der Waals surface area contributed by atoms with Gasteiger partial charge in [0.25, 0.3) is 0 Å². The van der Waals surface area contributed by atoms with Gasteiger partial charge in [-0.3, -0.25) is 0 Å². The fraction of sp³-hybridized carbons (Fsp3) is 0.375. The van der Waals surface area contributed by atoms with Crippen molar-refractivity contribution in [2.45, 2.75) is 53.6 Å². The van der Waals surface area contributed by atoms with Crippen molar-refractivity contribution in [3.8, 4) is 5.75 Å². The zero-order valence-electron chi connectivity index (χ0n) is 17.3. The van der Waals surface area contributed by atoms with Crippen molar-refractivity contribution in [1.82, 2.24) is 0 Å². The fourth-order valence-corrected chi connectivity index (χ4v) is 3.12. The number of fused-ring (bicyclic) bond motifs is 1. The number of aryl methyl sites for hydroxylation is 1. The van der Waals surface area contributed by atoms with E-state index in [0.717, 1.165) is 34.5 Å². The third-order valence-corrected chi connectivity index (χ3v) is 4.56. The molecule has 0 radical (unpaired) electrons. The van der Waals surface area contributed by atoms with Crippen LogP contribution in [0.15, 0.2) is 59.2 Å². The highest BCUT2D eigenvalue weighted by Crippen LogP contribution is 2.39. The molecule has 1 heterocycles. The molecule has 0 bridgehead atoms. The monoisotopic (exact) mass is 366 g/mol. The maximum absolute atomic E-state index is 11.5. The van der Waals surface area contributed by atoms with Crippen molar-refractivity contribution in [3.05, 3.63) is 70.3 Å². The molecule has 1 aliphatic heterocycles. The predicted molar refractivity (Wildman–Crippen MR) is 112 cm³/mol. The third kappa shape index (κ3) is 5.46. The molecular weight excluding hydrogens is 336 g/mol. The molecule has 144 valence electrons. The van der Waals surface area contributed by atoms with Crippen LogP contribution >= 0.6 is 0 Å². The SMILES string of the molecule is CCOC(=O)C=C(C)C=CC=C(C)C1=Cc2cc(CC)ccc2OC1(C)C. The Morgan fingerprint density at radius 1 is 1.22 bits per heavy atom. The second kappa shape index (κ2) is 8.90. The summed E-state index contributed by atoms with van der Waals surface area (Å²) in [5.74, 6) is 0.616. The van der Waals surface area contributed by atoms with Crippen LogP contribution in [0.2, 0.25) is 0 Å². The highest BCUT2D eigenvalue weighted by atomic mass is 16.5. The lowest BCUT2D eigenvalue weighted by molar-refractivity contribution is -0.137. The van der Waals surface area contributed by atoms with Gasteiger partial charge in [0.2, 0.25) is 0 Å². The van der Waals surface area contributed by atoms with E-state index in [0.29, 0.717) is 6.61 Å². The first kappa shape index (κ1) is 20.8. The van der Waals surface area contributed by atoms with E-state index < -0.39 is 5.60 Å². The topological polar surface area (TPSA) is 35.5 Å². The Balaban J connectivity index is 2.26. The molecule has 1 aromatic rings. The van der Waals surface area contributed by atoms with Crippen LogP contribution in [0, 0.1) is 0 Å². The van der Waals surface area contributed by atoms with Crippen molar-refractivity contribution in [3.63, 3.8) is 0 Å². The van der Waals surface area contributed by atoms with E-state index in [1.54, 1.807) is 6.92 Å². The molecule has 0 fully saturated rings. The molecule has 0 spiro atoms. The lowest BCUT2D eigenvalue weighted by Crippen LogP contribution is -2.33. The molecule has 1 aliphatic rings. The third-order valence-electron chi connectivity index (χ3n) is 4.56. The Labute approximate surface area is 163 Å². The normalized spacial score (nSPS) is 16.6. The van der Waals surface area contributed by atoms with Gasteiger partial charge in [-0.1, -0.05) is 31.2 Å². The van der Waals surface area contributed by atoms with E-state index in [-0.39, 0.29) is 5.97 Å². The standard InChI is InChI=1S/C24H30O3/c1-7-19-12-13-22-20(15-19)16-21(24(5,6)27-22)18(4)11-9-10-17(3)14-23(25)26-8-2/h9-16H,7-8H2,1-6H3. The van der Waals surface area contributed by atoms with Gasteiger partial charge in [0.1, 0.15) is 11.4 Å². The van der Waals surface area contributed by atoms with Crippen LogP contribution in [0.3, 0.4) is 0 Å². The van der Waals surface area contributed by atoms with Crippen LogP contribution in [0.4, 0.5) is 0 Å². The van der Waals surface area contributed by atoms with Gasteiger partial charge in [0, 0.05) is 11.6 Å². The van der Waals surface area contributed by atoms with Crippen LogP contribution in [0.5, 0.6) is 5.75 Å². The summed E-state index contributed by atoms with van der Waals surface area (Å²) in [6.07, 6.45) is 10.6. The summed E-state index contributed by atoms with van der Waals surface area (Å²) in [4.78, 5) is 11.5. The largest absolute Gasteiger partial charge is 0.483 e. The highest BCUT2D eigenvalue weighted by Gasteiger charge is 2.30. The molecule has 3 nitrogen and oxygen atoms in total. The average Bonchev–Trinajstić information content (AvgIpc) is 2.60. The molecule has 0 aromatic heterocycles. The molecule has 0 atom stereocenters. The van der Waals surface area contributed by atoms with Gasteiger partial charge in [0.15, 0.2) is 0 Å². The number of allylic oxidation sites excluding steroid dienone is 4. The minimum absolute atomic E-state index is 0.312. The predicted octanol–water partition coefficient (Wildman–Crippen LogP) is 5.82. The van der Waals surface area contributed by atoms with Crippen LogP contribution in [-0.2, 0) is 16.0 Å². The number of rotatable bonds is 6. The smallest absolute Gasteiger partial charge is 0.330 e. The molecule has 0 unspecified atom stereocenters. The van der Waals surface area contributed by atoms with Crippen molar-refractivity contribution < 1.29 is 14.3 Å². The number of carbonyl (C=O) groups is 1. The van der Waals surface area contributed by atoms with Crippen LogP contribution in [-0.4, -0.2) is 18.2 Å². The molecule has 1 aromatic carbocycles. The first-order valence-electron chi connectivity index (χ1n) is 9.51. The van der Waals surface area contributed by atoms with E-state index >= 15 is 0 Å². The van der Waals surface area contributed by atoms with Crippen LogP contribution in [0.25, 0.3) is 6.08 Å². The lowest BCUT2D eigenvalue weighted by atomic mass is 9.87. The number of hydrogen-bond donors (Lipinski definition) is 0.